The predicted octanol–water partition coefficient (Wildman–Crippen LogP) is 2.01. The number of hydrogen-bond acceptors (Lipinski definition) is 2. The van der Waals surface area contributed by atoms with Crippen molar-refractivity contribution in [3.8, 4) is 11.9 Å². The van der Waals surface area contributed by atoms with Crippen LogP contribution in [0.4, 0.5) is 0 Å². The van der Waals surface area contributed by atoms with Gasteiger partial charge in [-0.15, -0.1) is 0 Å². The van der Waals surface area contributed by atoms with Crippen LogP contribution in [0.1, 0.15) is 11.3 Å². The molecule has 0 aliphatic carbocycles. The third kappa shape index (κ3) is 1.60. The first-order valence-electron chi connectivity index (χ1n) is 2.89. The molecule has 0 N–H and O–H groups in total. The van der Waals surface area contributed by atoms with Gasteiger partial charge in [0.15, 0.2) is 0 Å². The number of pyridine rings is 1. The molecule has 0 unspecified atom stereocenters. The standard InChI is InChI=1S/C7H4IN2O/c1-4-6(8)2-5(3-9)7(11)10-4/h2H,1H3. The first-order valence-corrected chi connectivity index (χ1v) is 3.97. The van der Waals surface area contributed by atoms with E-state index in [4.69, 9.17) is 5.26 Å². The molecule has 0 aromatic carbocycles. The molecule has 0 spiro atoms. The Hall–Kier alpha value is -0.830. The van der Waals surface area contributed by atoms with Gasteiger partial charge in [-0.1, -0.05) is 0 Å². The zero-order valence-corrected chi connectivity index (χ0v) is 7.92. The minimum atomic E-state index is -0.439. The third-order valence-corrected chi connectivity index (χ3v) is 2.33. The normalized spacial score (nSPS) is 9.18. The summed E-state index contributed by atoms with van der Waals surface area (Å²) in [7, 11) is 0. The maximum atomic E-state index is 10.9. The first-order chi connectivity index (χ1) is 5.15. The Bertz CT molecular complexity index is 330. The van der Waals surface area contributed by atoms with Gasteiger partial charge in [0.1, 0.15) is 11.6 Å². The Morgan fingerprint density at radius 2 is 2.36 bits per heavy atom. The zero-order chi connectivity index (χ0) is 8.43. The Morgan fingerprint density at radius 1 is 1.73 bits per heavy atom. The van der Waals surface area contributed by atoms with Crippen LogP contribution in [0.25, 0.3) is 0 Å². The minimum Gasteiger partial charge on any atom is -0.266 e. The van der Waals surface area contributed by atoms with Crippen LogP contribution in [0.2, 0.25) is 0 Å². The summed E-state index contributed by atoms with van der Waals surface area (Å²) in [5.74, 6) is -0.439. The van der Waals surface area contributed by atoms with Crippen molar-refractivity contribution >= 4 is 22.6 Å². The summed E-state index contributed by atoms with van der Waals surface area (Å²) in [4.78, 5) is 3.66. The predicted molar refractivity (Wildman–Crippen MR) is 46.5 cm³/mol. The molecular weight excluding hydrogens is 255 g/mol. The van der Waals surface area contributed by atoms with E-state index in [0.29, 0.717) is 5.69 Å². The largest absolute Gasteiger partial charge is 0.287 e. The van der Waals surface area contributed by atoms with Gasteiger partial charge < -0.3 is 0 Å². The van der Waals surface area contributed by atoms with Crippen LogP contribution in [0.15, 0.2) is 6.07 Å². The maximum absolute atomic E-state index is 10.9. The molecule has 0 saturated carbocycles. The number of aromatic nitrogens is 1. The van der Waals surface area contributed by atoms with Gasteiger partial charge in [-0.3, -0.25) is 5.11 Å². The van der Waals surface area contributed by atoms with Gasteiger partial charge in [-0.2, -0.15) is 5.26 Å². The fourth-order valence-corrected chi connectivity index (χ4v) is 1.07. The summed E-state index contributed by atoms with van der Waals surface area (Å²) in [6.45, 7) is 1.74. The third-order valence-electron chi connectivity index (χ3n) is 1.24. The molecule has 0 bridgehead atoms. The average molecular weight is 259 g/mol. The van der Waals surface area contributed by atoms with Gasteiger partial charge in [-0.05, 0) is 35.6 Å². The lowest BCUT2D eigenvalue weighted by atomic mass is 10.2. The smallest absolute Gasteiger partial charge is 0.266 e. The second-order valence-electron chi connectivity index (χ2n) is 2.02. The molecule has 1 rings (SSSR count). The van der Waals surface area contributed by atoms with Crippen LogP contribution in [-0.2, 0) is 5.11 Å². The highest BCUT2D eigenvalue weighted by Gasteiger charge is 2.06. The molecule has 0 amide bonds. The summed E-state index contributed by atoms with van der Waals surface area (Å²) in [5, 5.41) is 19.3. The molecule has 0 aliphatic heterocycles. The number of halogens is 1. The van der Waals surface area contributed by atoms with E-state index in [9.17, 15) is 5.11 Å². The number of nitrogens with zero attached hydrogens (tertiary/aromatic N) is 2. The van der Waals surface area contributed by atoms with Crippen molar-refractivity contribution in [1.29, 1.82) is 5.26 Å². The second kappa shape index (κ2) is 3.05. The van der Waals surface area contributed by atoms with Crippen molar-refractivity contribution in [2.24, 2.45) is 0 Å². The number of hydrogen-bond donors (Lipinski definition) is 0. The van der Waals surface area contributed by atoms with E-state index in [1.165, 1.54) is 0 Å². The molecule has 55 valence electrons. The van der Waals surface area contributed by atoms with E-state index in [2.05, 4.69) is 4.98 Å². The van der Waals surface area contributed by atoms with Gasteiger partial charge in [0.05, 0.1) is 5.69 Å². The van der Waals surface area contributed by atoms with Gasteiger partial charge in [0.2, 0.25) is 0 Å². The molecule has 1 radical (unpaired) electrons. The van der Waals surface area contributed by atoms with Crippen molar-refractivity contribution in [3.63, 3.8) is 0 Å². The van der Waals surface area contributed by atoms with Crippen molar-refractivity contribution in [2.45, 2.75) is 6.92 Å². The fourth-order valence-electron chi connectivity index (χ4n) is 0.639. The lowest BCUT2D eigenvalue weighted by Gasteiger charge is -1.96. The summed E-state index contributed by atoms with van der Waals surface area (Å²) >= 11 is 2.04. The maximum Gasteiger partial charge on any atom is 0.287 e. The Balaban J connectivity index is 3.35. The summed E-state index contributed by atoms with van der Waals surface area (Å²) in [6, 6.07) is 3.33. The highest BCUT2D eigenvalue weighted by Crippen LogP contribution is 2.18. The Labute approximate surface area is 77.8 Å². The molecule has 0 aliphatic rings. The molecule has 0 saturated heterocycles. The van der Waals surface area contributed by atoms with Crippen LogP contribution >= 0.6 is 22.6 Å². The number of nitriles is 1. The van der Waals surface area contributed by atoms with Crippen LogP contribution in [0.3, 0.4) is 0 Å². The van der Waals surface area contributed by atoms with E-state index in [1.54, 1.807) is 19.1 Å². The van der Waals surface area contributed by atoms with Gasteiger partial charge in [0.25, 0.3) is 5.88 Å². The van der Waals surface area contributed by atoms with Gasteiger partial charge >= 0.3 is 0 Å². The van der Waals surface area contributed by atoms with E-state index in [0.717, 1.165) is 3.57 Å². The molecule has 1 aromatic heterocycles. The highest BCUT2D eigenvalue weighted by molar-refractivity contribution is 14.1. The van der Waals surface area contributed by atoms with E-state index in [-0.39, 0.29) is 5.56 Å². The second-order valence-corrected chi connectivity index (χ2v) is 3.18. The van der Waals surface area contributed by atoms with E-state index < -0.39 is 5.88 Å². The molecule has 3 nitrogen and oxygen atoms in total. The molecule has 4 heteroatoms. The molecule has 1 aromatic rings. The topological polar surface area (TPSA) is 56.6 Å². The quantitative estimate of drug-likeness (QED) is 0.669. The highest BCUT2D eigenvalue weighted by atomic mass is 127. The van der Waals surface area contributed by atoms with Gasteiger partial charge in [-0.25, -0.2) is 4.98 Å². The average Bonchev–Trinajstić information content (AvgIpc) is 1.97. The number of aryl methyl sites for hydroxylation is 1. The van der Waals surface area contributed by atoms with E-state index in [1.807, 2.05) is 22.6 Å². The molecule has 1 heterocycles. The summed E-state index contributed by atoms with van der Waals surface area (Å²) < 4.78 is 0.846. The Morgan fingerprint density at radius 3 is 2.91 bits per heavy atom. The van der Waals surface area contributed by atoms with Gasteiger partial charge in [0, 0.05) is 3.57 Å². The van der Waals surface area contributed by atoms with Crippen LogP contribution in [0.5, 0.6) is 5.88 Å². The minimum absolute atomic E-state index is 0.111. The summed E-state index contributed by atoms with van der Waals surface area (Å²) in [5.41, 5.74) is 0.787. The van der Waals surface area contributed by atoms with Crippen molar-refractivity contribution < 1.29 is 5.11 Å². The van der Waals surface area contributed by atoms with Crippen LogP contribution in [-0.4, -0.2) is 4.98 Å². The molecule has 11 heavy (non-hydrogen) atoms. The summed E-state index contributed by atoms with van der Waals surface area (Å²) in [6.07, 6.45) is 0. The van der Waals surface area contributed by atoms with E-state index >= 15 is 0 Å². The monoisotopic (exact) mass is 259 g/mol. The first kappa shape index (κ1) is 8.27. The zero-order valence-electron chi connectivity index (χ0n) is 5.76. The Kier molecular flexibility index (Phi) is 2.29. The molecule has 0 atom stereocenters. The fraction of sp³-hybridized carbons (Fsp3) is 0.143. The van der Waals surface area contributed by atoms with Crippen molar-refractivity contribution in [2.75, 3.05) is 0 Å². The SMILES string of the molecule is Cc1nc([O])c(C#N)cc1I. The van der Waals surface area contributed by atoms with Crippen molar-refractivity contribution in [3.05, 3.63) is 20.9 Å². The molecule has 0 fully saturated rings. The van der Waals surface area contributed by atoms with Crippen LogP contribution < -0.4 is 0 Å². The lowest BCUT2D eigenvalue weighted by molar-refractivity contribution is 0.335. The van der Waals surface area contributed by atoms with Crippen molar-refractivity contribution in [1.82, 2.24) is 4.98 Å². The lowest BCUT2D eigenvalue weighted by Crippen LogP contribution is -1.88. The van der Waals surface area contributed by atoms with Crippen LogP contribution in [0, 0.1) is 21.8 Å². The number of rotatable bonds is 0. The molecular formula is C7H4IN2O.